The predicted octanol–water partition coefficient (Wildman–Crippen LogP) is 2.66. The SMILES string of the molecule is Clc1nc2c(nc1Cl)CCCC2. The summed E-state index contributed by atoms with van der Waals surface area (Å²) in [5, 5.41) is 0.662. The normalized spacial score (nSPS) is 15.8. The fraction of sp³-hybridized carbons (Fsp3) is 0.500. The molecule has 0 spiro atoms. The average Bonchev–Trinajstić information content (AvgIpc) is 2.07. The van der Waals surface area contributed by atoms with Crippen LogP contribution in [0.15, 0.2) is 0 Å². The molecule has 64 valence electrons. The summed E-state index contributed by atoms with van der Waals surface area (Å²) in [6.45, 7) is 0. The van der Waals surface area contributed by atoms with Crippen molar-refractivity contribution in [2.24, 2.45) is 0 Å². The first-order chi connectivity index (χ1) is 5.77. The molecule has 0 unspecified atom stereocenters. The van der Waals surface area contributed by atoms with Crippen molar-refractivity contribution < 1.29 is 0 Å². The van der Waals surface area contributed by atoms with Crippen molar-refractivity contribution >= 4 is 23.2 Å². The van der Waals surface area contributed by atoms with Gasteiger partial charge in [-0.05, 0) is 25.7 Å². The van der Waals surface area contributed by atoms with Gasteiger partial charge in [-0.15, -0.1) is 0 Å². The number of aryl methyl sites for hydroxylation is 2. The van der Waals surface area contributed by atoms with Gasteiger partial charge in [0.2, 0.25) is 0 Å². The first kappa shape index (κ1) is 8.27. The average molecular weight is 203 g/mol. The lowest BCUT2D eigenvalue weighted by molar-refractivity contribution is 0.649. The largest absolute Gasteiger partial charge is 0.236 e. The van der Waals surface area contributed by atoms with E-state index in [9.17, 15) is 0 Å². The zero-order valence-electron chi connectivity index (χ0n) is 6.48. The monoisotopic (exact) mass is 202 g/mol. The third-order valence-corrected chi connectivity index (χ3v) is 2.67. The van der Waals surface area contributed by atoms with E-state index in [0.717, 1.165) is 24.2 Å². The second kappa shape index (κ2) is 3.19. The fourth-order valence-electron chi connectivity index (χ4n) is 1.44. The van der Waals surface area contributed by atoms with E-state index in [1.54, 1.807) is 0 Å². The maximum atomic E-state index is 5.74. The molecular formula is C8H8Cl2N2. The maximum Gasteiger partial charge on any atom is 0.166 e. The van der Waals surface area contributed by atoms with Crippen LogP contribution < -0.4 is 0 Å². The number of halogens is 2. The van der Waals surface area contributed by atoms with Crippen LogP contribution in [-0.4, -0.2) is 9.97 Å². The first-order valence-electron chi connectivity index (χ1n) is 3.98. The Morgan fingerprint density at radius 3 is 1.67 bits per heavy atom. The van der Waals surface area contributed by atoms with Crippen LogP contribution in [0.2, 0.25) is 10.3 Å². The van der Waals surface area contributed by atoms with Gasteiger partial charge in [-0.3, -0.25) is 0 Å². The number of rotatable bonds is 0. The molecule has 0 saturated carbocycles. The number of fused-ring (bicyclic) bond motifs is 1. The van der Waals surface area contributed by atoms with Crippen LogP contribution in [-0.2, 0) is 12.8 Å². The van der Waals surface area contributed by atoms with Crippen LogP contribution in [0.3, 0.4) is 0 Å². The highest BCUT2D eigenvalue weighted by Crippen LogP contribution is 2.23. The molecule has 1 aliphatic carbocycles. The molecule has 0 amide bonds. The summed E-state index contributed by atoms with van der Waals surface area (Å²) in [6, 6.07) is 0. The molecule has 4 heteroatoms. The molecule has 0 aliphatic heterocycles. The van der Waals surface area contributed by atoms with Gasteiger partial charge in [-0.1, -0.05) is 23.2 Å². The lowest BCUT2D eigenvalue weighted by Crippen LogP contribution is -2.08. The molecule has 1 heterocycles. The number of nitrogens with zero attached hydrogens (tertiary/aromatic N) is 2. The maximum absolute atomic E-state index is 5.74. The van der Waals surface area contributed by atoms with E-state index < -0.39 is 0 Å². The molecule has 12 heavy (non-hydrogen) atoms. The topological polar surface area (TPSA) is 25.8 Å². The Morgan fingerprint density at radius 2 is 1.25 bits per heavy atom. The summed E-state index contributed by atoms with van der Waals surface area (Å²) in [5.41, 5.74) is 2.05. The van der Waals surface area contributed by atoms with Crippen LogP contribution in [0.1, 0.15) is 24.2 Å². The molecule has 2 rings (SSSR count). The Morgan fingerprint density at radius 1 is 0.833 bits per heavy atom. The fourth-order valence-corrected chi connectivity index (χ4v) is 1.73. The van der Waals surface area contributed by atoms with Crippen LogP contribution in [0.5, 0.6) is 0 Å². The van der Waals surface area contributed by atoms with Gasteiger partial charge in [0.25, 0.3) is 0 Å². The molecule has 0 atom stereocenters. The minimum atomic E-state index is 0.331. The highest BCUT2D eigenvalue weighted by Gasteiger charge is 2.14. The summed E-state index contributed by atoms with van der Waals surface area (Å²) in [4.78, 5) is 8.37. The van der Waals surface area contributed by atoms with Crippen molar-refractivity contribution in [1.29, 1.82) is 0 Å². The van der Waals surface area contributed by atoms with Gasteiger partial charge < -0.3 is 0 Å². The molecule has 0 aromatic carbocycles. The molecule has 0 radical (unpaired) electrons. The van der Waals surface area contributed by atoms with Crippen molar-refractivity contribution in [3.63, 3.8) is 0 Å². The highest BCUT2D eigenvalue weighted by atomic mass is 35.5. The summed E-state index contributed by atoms with van der Waals surface area (Å²) in [5.74, 6) is 0. The number of aromatic nitrogens is 2. The molecule has 0 bridgehead atoms. The molecule has 1 aromatic heterocycles. The Bertz CT molecular complexity index is 281. The molecule has 0 N–H and O–H groups in total. The Labute approximate surface area is 80.9 Å². The lowest BCUT2D eigenvalue weighted by Gasteiger charge is -2.13. The van der Waals surface area contributed by atoms with Crippen molar-refractivity contribution in [2.45, 2.75) is 25.7 Å². The molecule has 0 fully saturated rings. The van der Waals surface area contributed by atoms with Gasteiger partial charge in [0.15, 0.2) is 10.3 Å². The van der Waals surface area contributed by atoms with Gasteiger partial charge in [0, 0.05) is 0 Å². The third kappa shape index (κ3) is 1.41. The summed E-state index contributed by atoms with van der Waals surface area (Å²) < 4.78 is 0. The quantitative estimate of drug-likeness (QED) is 0.647. The minimum Gasteiger partial charge on any atom is -0.236 e. The first-order valence-corrected chi connectivity index (χ1v) is 4.74. The smallest absolute Gasteiger partial charge is 0.166 e. The van der Waals surface area contributed by atoms with Gasteiger partial charge >= 0.3 is 0 Å². The highest BCUT2D eigenvalue weighted by molar-refractivity contribution is 6.40. The van der Waals surface area contributed by atoms with Crippen LogP contribution in [0.4, 0.5) is 0 Å². The minimum absolute atomic E-state index is 0.331. The molecule has 0 saturated heterocycles. The van der Waals surface area contributed by atoms with E-state index in [1.807, 2.05) is 0 Å². The summed E-state index contributed by atoms with van der Waals surface area (Å²) in [7, 11) is 0. The number of hydrogen-bond donors (Lipinski definition) is 0. The van der Waals surface area contributed by atoms with Gasteiger partial charge in [0.1, 0.15) is 0 Å². The Kier molecular flexibility index (Phi) is 2.20. The molecular weight excluding hydrogens is 195 g/mol. The third-order valence-electron chi connectivity index (χ3n) is 2.05. The van der Waals surface area contributed by atoms with Gasteiger partial charge in [-0.25, -0.2) is 9.97 Å². The Balaban J connectivity index is 2.49. The van der Waals surface area contributed by atoms with E-state index in [4.69, 9.17) is 23.2 Å². The standard InChI is InChI=1S/C8H8Cl2N2/c9-7-8(10)12-6-4-2-1-3-5(6)11-7/h1-4H2. The van der Waals surface area contributed by atoms with Crippen LogP contribution >= 0.6 is 23.2 Å². The van der Waals surface area contributed by atoms with E-state index in [0.29, 0.717) is 10.3 Å². The second-order valence-corrected chi connectivity index (χ2v) is 3.62. The Hall–Kier alpha value is -0.340. The van der Waals surface area contributed by atoms with Crippen LogP contribution in [0, 0.1) is 0 Å². The van der Waals surface area contributed by atoms with E-state index >= 15 is 0 Å². The van der Waals surface area contributed by atoms with Gasteiger partial charge in [-0.2, -0.15) is 0 Å². The zero-order valence-corrected chi connectivity index (χ0v) is 7.99. The lowest BCUT2D eigenvalue weighted by atomic mass is 10.0. The van der Waals surface area contributed by atoms with Crippen LogP contribution in [0.25, 0.3) is 0 Å². The van der Waals surface area contributed by atoms with Gasteiger partial charge in [0.05, 0.1) is 11.4 Å². The van der Waals surface area contributed by atoms with Crippen molar-refractivity contribution in [3.8, 4) is 0 Å². The number of hydrogen-bond acceptors (Lipinski definition) is 2. The van der Waals surface area contributed by atoms with E-state index in [2.05, 4.69) is 9.97 Å². The zero-order chi connectivity index (χ0) is 8.55. The second-order valence-electron chi connectivity index (χ2n) is 2.91. The van der Waals surface area contributed by atoms with Crippen molar-refractivity contribution in [3.05, 3.63) is 21.7 Å². The summed E-state index contributed by atoms with van der Waals surface area (Å²) in [6.07, 6.45) is 4.33. The molecule has 1 aliphatic rings. The predicted molar refractivity (Wildman–Crippen MR) is 48.7 cm³/mol. The van der Waals surface area contributed by atoms with E-state index in [1.165, 1.54) is 12.8 Å². The van der Waals surface area contributed by atoms with E-state index in [-0.39, 0.29) is 0 Å². The van der Waals surface area contributed by atoms with Crippen molar-refractivity contribution in [2.75, 3.05) is 0 Å². The summed E-state index contributed by atoms with van der Waals surface area (Å²) >= 11 is 11.5. The molecule has 2 nitrogen and oxygen atoms in total. The molecule has 1 aromatic rings. The van der Waals surface area contributed by atoms with Crippen molar-refractivity contribution in [1.82, 2.24) is 9.97 Å².